The summed E-state index contributed by atoms with van der Waals surface area (Å²) in [4.78, 5) is 17.2. The van der Waals surface area contributed by atoms with E-state index in [1.165, 1.54) is 19.2 Å². The fourth-order valence-corrected chi connectivity index (χ4v) is 3.98. The number of carbonyl (C=O) groups is 1. The number of likely N-dealkylation sites (N-methyl/N-ethyl adjacent to an activating group) is 1. The number of fused-ring (bicyclic) bond motifs is 1. The smallest absolute Gasteiger partial charge is 0.174 e. The summed E-state index contributed by atoms with van der Waals surface area (Å²) in [5, 5.41) is 31.4. The van der Waals surface area contributed by atoms with Crippen LogP contribution >= 0.6 is 0 Å². The summed E-state index contributed by atoms with van der Waals surface area (Å²) in [6, 6.07) is 6.20. The van der Waals surface area contributed by atoms with E-state index in [0.29, 0.717) is 23.4 Å². The van der Waals surface area contributed by atoms with Gasteiger partial charge in [-0.25, -0.2) is 0 Å². The maximum absolute atomic E-state index is 12.9. The zero-order valence-corrected chi connectivity index (χ0v) is 17.1. The summed E-state index contributed by atoms with van der Waals surface area (Å²) in [6.07, 6.45) is -0.616. The third-order valence-corrected chi connectivity index (χ3v) is 5.82. The second kappa shape index (κ2) is 8.04. The molecule has 4 rings (SSSR count). The number of phenolic OH excluding ortho intramolecular Hbond substituents is 3. The Morgan fingerprint density at radius 3 is 2.50 bits per heavy atom. The highest BCUT2D eigenvalue weighted by molar-refractivity contribution is 6.03. The third-order valence-electron chi connectivity index (χ3n) is 5.82. The number of rotatable bonds is 4. The van der Waals surface area contributed by atoms with E-state index in [4.69, 9.17) is 9.47 Å². The lowest BCUT2D eigenvalue weighted by molar-refractivity contribution is 0.0843. The molecule has 0 aliphatic carbocycles. The Morgan fingerprint density at radius 1 is 1.10 bits per heavy atom. The number of phenols is 3. The van der Waals surface area contributed by atoms with Gasteiger partial charge in [-0.15, -0.1) is 0 Å². The molecular formula is C22H26N2O6. The normalized spacial score (nSPS) is 19.9. The molecular weight excluding hydrogens is 388 g/mol. The molecule has 2 aliphatic heterocycles. The van der Waals surface area contributed by atoms with Gasteiger partial charge in [0.05, 0.1) is 19.1 Å². The monoisotopic (exact) mass is 414 g/mol. The van der Waals surface area contributed by atoms with Crippen molar-refractivity contribution in [2.24, 2.45) is 0 Å². The molecule has 8 heteroatoms. The first-order chi connectivity index (χ1) is 14.4. The molecule has 0 unspecified atom stereocenters. The molecule has 1 atom stereocenters. The first-order valence-electron chi connectivity index (χ1n) is 9.92. The fourth-order valence-electron chi connectivity index (χ4n) is 3.98. The number of carbonyl (C=O) groups excluding carboxylic acids is 1. The van der Waals surface area contributed by atoms with Crippen LogP contribution in [0.5, 0.6) is 28.7 Å². The quantitative estimate of drug-likeness (QED) is 0.700. The van der Waals surface area contributed by atoms with Gasteiger partial charge < -0.3 is 29.7 Å². The predicted molar refractivity (Wildman–Crippen MR) is 110 cm³/mol. The number of ketones is 1. The van der Waals surface area contributed by atoms with Crippen LogP contribution in [0.3, 0.4) is 0 Å². The summed E-state index contributed by atoms with van der Waals surface area (Å²) in [5.74, 6) is -0.172. The lowest BCUT2D eigenvalue weighted by Crippen LogP contribution is -2.43. The van der Waals surface area contributed by atoms with E-state index >= 15 is 0 Å². The SMILES string of the molecule is COc1ccc([C@@H]2CC(=O)c3c(cc(O)c(CN4CCN(C)CC4)c3O)O2)cc1O. The lowest BCUT2D eigenvalue weighted by atomic mass is 9.93. The van der Waals surface area contributed by atoms with Crippen molar-refractivity contribution >= 4 is 5.78 Å². The summed E-state index contributed by atoms with van der Waals surface area (Å²) in [7, 11) is 3.51. The van der Waals surface area contributed by atoms with Crippen molar-refractivity contribution in [2.75, 3.05) is 40.3 Å². The standard InChI is InChI=1S/C22H26N2O6/c1-23-5-7-24(8-6-23)12-14-15(25)10-20-21(22(14)28)17(27)11-19(30-20)13-3-4-18(29-2)16(26)9-13/h3-4,9-10,19,25-26,28H,5-8,11-12H2,1-2H3/t19-/m0/s1. The zero-order chi connectivity index (χ0) is 21.4. The summed E-state index contributed by atoms with van der Waals surface area (Å²) < 4.78 is 11.0. The van der Waals surface area contributed by atoms with Gasteiger partial charge in [-0.3, -0.25) is 9.69 Å². The minimum absolute atomic E-state index is 0.0189. The highest BCUT2D eigenvalue weighted by atomic mass is 16.5. The number of Topliss-reactive ketones (excluding diaryl/α,β-unsaturated/α-hetero) is 1. The van der Waals surface area contributed by atoms with Crippen LogP contribution in [0.4, 0.5) is 0 Å². The Kier molecular flexibility index (Phi) is 5.44. The van der Waals surface area contributed by atoms with Crippen molar-refractivity contribution in [2.45, 2.75) is 19.1 Å². The van der Waals surface area contributed by atoms with Crippen LogP contribution in [0.2, 0.25) is 0 Å². The number of nitrogens with zero attached hydrogens (tertiary/aromatic N) is 2. The minimum atomic E-state index is -0.635. The predicted octanol–water partition coefficient (Wildman–Crippen LogP) is 2.27. The second-order valence-electron chi connectivity index (χ2n) is 7.84. The van der Waals surface area contributed by atoms with Crippen LogP contribution in [0, 0.1) is 0 Å². The van der Waals surface area contributed by atoms with Gasteiger partial charge in [0.1, 0.15) is 28.9 Å². The van der Waals surface area contributed by atoms with Crippen molar-refractivity contribution in [1.29, 1.82) is 0 Å². The van der Waals surface area contributed by atoms with Crippen LogP contribution < -0.4 is 9.47 Å². The van der Waals surface area contributed by atoms with Crippen molar-refractivity contribution in [3.05, 3.63) is 41.0 Å². The maximum Gasteiger partial charge on any atom is 0.174 e. The molecule has 0 amide bonds. The van der Waals surface area contributed by atoms with Crippen molar-refractivity contribution < 1.29 is 29.6 Å². The van der Waals surface area contributed by atoms with Crippen LogP contribution in [-0.2, 0) is 6.54 Å². The number of aromatic hydroxyl groups is 3. The third kappa shape index (κ3) is 3.76. The number of ether oxygens (including phenoxy) is 2. The largest absolute Gasteiger partial charge is 0.507 e. The van der Waals surface area contributed by atoms with Crippen molar-refractivity contribution in [3.63, 3.8) is 0 Å². The molecule has 2 aliphatic rings. The molecule has 1 saturated heterocycles. The van der Waals surface area contributed by atoms with Gasteiger partial charge in [-0.2, -0.15) is 0 Å². The van der Waals surface area contributed by atoms with E-state index in [0.717, 1.165) is 26.2 Å². The van der Waals surface area contributed by atoms with E-state index in [1.54, 1.807) is 12.1 Å². The average Bonchev–Trinajstić information content (AvgIpc) is 2.71. The van der Waals surface area contributed by atoms with E-state index in [-0.39, 0.29) is 40.8 Å². The summed E-state index contributed by atoms with van der Waals surface area (Å²) in [5.41, 5.74) is 1.05. The van der Waals surface area contributed by atoms with Crippen LogP contribution in [0.15, 0.2) is 24.3 Å². The lowest BCUT2D eigenvalue weighted by Gasteiger charge is -2.33. The molecule has 0 spiro atoms. The average molecular weight is 414 g/mol. The van der Waals surface area contributed by atoms with Crippen molar-refractivity contribution in [1.82, 2.24) is 9.80 Å². The highest BCUT2D eigenvalue weighted by Crippen LogP contribution is 2.45. The first kappa shape index (κ1) is 20.3. The van der Waals surface area contributed by atoms with Crippen molar-refractivity contribution in [3.8, 4) is 28.7 Å². The van der Waals surface area contributed by atoms with Gasteiger partial charge >= 0.3 is 0 Å². The molecule has 8 nitrogen and oxygen atoms in total. The van der Waals surface area contributed by atoms with Crippen LogP contribution in [0.25, 0.3) is 0 Å². The molecule has 0 aromatic heterocycles. The van der Waals surface area contributed by atoms with Gasteiger partial charge in [-0.1, -0.05) is 6.07 Å². The van der Waals surface area contributed by atoms with E-state index in [9.17, 15) is 20.1 Å². The number of benzene rings is 2. The molecule has 2 aromatic carbocycles. The Balaban J connectivity index is 1.60. The van der Waals surface area contributed by atoms with Gasteiger partial charge in [0.2, 0.25) is 0 Å². The molecule has 0 saturated carbocycles. The number of piperazine rings is 1. The molecule has 30 heavy (non-hydrogen) atoms. The van der Waals surface area contributed by atoms with E-state index in [1.807, 2.05) is 0 Å². The maximum atomic E-state index is 12.9. The highest BCUT2D eigenvalue weighted by Gasteiger charge is 2.33. The Hall–Kier alpha value is -2.97. The molecule has 1 fully saturated rings. The number of hydrogen-bond donors (Lipinski definition) is 3. The number of methoxy groups -OCH3 is 1. The molecule has 3 N–H and O–H groups in total. The second-order valence-corrected chi connectivity index (χ2v) is 7.84. The van der Waals surface area contributed by atoms with Gasteiger partial charge in [0.15, 0.2) is 17.3 Å². The summed E-state index contributed by atoms with van der Waals surface area (Å²) in [6.45, 7) is 3.82. The van der Waals surface area contributed by atoms with Gasteiger partial charge in [0, 0.05) is 38.8 Å². The topological polar surface area (TPSA) is 103 Å². The van der Waals surface area contributed by atoms with E-state index in [2.05, 4.69) is 16.8 Å². The molecule has 0 radical (unpaired) electrons. The van der Waals surface area contributed by atoms with Gasteiger partial charge in [-0.05, 0) is 24.7 Å². The minimum Gasteiger partial charge on any atom is -0.507 e. The van der Waals surface area contributed by atoms with Crippen LogP contribution in [0.1, 0.15) is 34.0 Å². The molecule has 0 bridgehead atoms. The first-order valence-corrected chi connectivity index (χ1v) is 9.92. The van der Waals surface area contributed by atoms with E-state index < -0.39 is 6.10 Å². The zero-order valence-electron chi connectivity index (χ0n) is 17.1. The summed E-state index contributed by atoms with van der Waals surface area (Å²) >= 11 is 0. The fraction of sp³-hybridized carbons (Fsp3) is 0.409. The van der Waals surface area contributed by atoms with Gasteiger partial charge in [0.25, 0.3) is 0 Å². The molecule has 2 heterocycles. The molecule has 2 aromatic rings. The van der Waals surface area contributed by atoms with Crippen LogP contribution in [-0.4, -0.2) is 71.2 Å². The molecule has 160 valence electrons. The Morgan fingerprint density at radius 2 is 1.83 bits per heavy atom. The Bertz CT molecular complexity index is 969. The Labute approximate surface area is 174 Å². The number of hydrogen-bond acceptors (Lipinski definition) is 8.